The van der Waals surface area contributed by atoms with Gasteiger partial charge in [0.15, 0.2) is 5.82 Å². The van der Waals surface area contributed by atoms with E-state index in [1.165, 1.54) is 25.7 Å². The third-order valence-electron chi connectivity index (χ3n) is 3.41. The summed E-state index contributed by atoms with van der Waals surface area (Å²) in [5, 5.41) is 14.6. The molecule has 0 aliphatic heterocycles. The highest BCUT2D eigenvalue weighted by Crippen LogP contribution is 2.33. The van der Waals surface area contributed by atoms with E-state index < -0.39 is 0 Å². The predicted molar refractivity (Wildman–Crippen MR) is 82.6 cm³/mol. The number of benzene rings is 1. The summed E-state index contributed by atoms with van der Waals surface area (Å²) in [7, 11) is 0. The first-order valence-electron chi connectivity index (χ1n) is 6.65. The maximum absolute atomic E-state index is 9.85. The minimum absolute atomic E-state index is 0.145. The van der Waals surface area contributed by atoms with Crippen LogP contribution in [0.25, 0.3) is 11.5 Å². The van der Waals surface area contributed by atoms with Crippen LogP contribution in [0.1, 0.15) is 31.5 Å². The van der Waals surface area contributed by atoms with Crippen molar-refractivity contribution < 1.29 is 9.63 Å². The summed E-state index contributed by atoms with van der Waals surface area (Å²) in [6, 6.07) is 5.15. The Bertz CT molecular complexity index is 597. The smallest absolute Gasteiger partial charge is 0.261 e. The second kappa shape index (κ2) is 6.18. The van der Waals surface area contributed by atoms with Gasteiger partial charge in [-0.25, -0.2) is 0 Å². The number of rotatable bonds is 4. The Hall–Kier alpha value is -1.01. The van der Waals surface area contributed by atoms with E-state index in [-0.39, 0.29) is 5.75 Å². The van der Waals surface area contributed by atoms with Crippen LogP contribution in [0.3, 0.4) is 0 Å². The van der Waals surface area contributed by atoms with Gasteiger partial charge in [0.1, 0.15) is 5.75 Å². The molecule has 1 aliphatic carbocycles. The SMILES string of the molecule is Oc1ccc(Br)cc1-c1nc(CSC2CCCC2)no1. The number of hydrogen-bond acceptors (Lipinski definition) is 5. The van der Waals surface area contributed by atoms with Gasteiger partial charge in [0.05, 0.1) is 11.3 Å². The molecule has 2 aromatic rings. The molecule has 0 unspecified atom stereocenters. The van der Waals surface area contributed by atoms with E-state index >= 15 is 0 Å². The lowest BCUT2D eigenvalue weighted by Crippen LogP contribution is -1.95. The van der Waals surface area contributed by atoms with Crippen molar-refractivity contribution in [3.8, 4) is 17.2 Å². The van der Waals surface area contributed by atoms with E-state index in [9.17, 15) is 5.11 Å². The number of phenolic OH excluding ortho intramolecular Hbond substituents is 1. The minimum atomic E-state index is 0.145. The first kappa shape index (κ1) is 13.9. The molecule has 1 aromatic heterocycles. The standard InChI is InChI=1S/C14H15BrN2O2S/c15-9-5-6-12(18)11(7-9)14-16-13(17-19-14)8-20-10-3-1-2-4-10/h5-7,10,18H,1-4,8H2. The zero-order chi connectivity index (χ0) is 13.9. The Labute approximate surface area is 130 Å². The van der Waals surface area contributed by atoms with Gasteiger partial charge in [0.25, 0.3) is 5.89 Å². The summed E-state index contributed by atoms with van der Waals surface area (Å²) < 4.78 is 6.11. The van der Waals surface area contributed by atoms with E-state index in [1.807, 2.05) is 11.8 Å². The lowest BCUT2D eigenvalue weighted by atomic mass is 10.2. The summed E-state index contributed by atoms with van der Waals surface area (Å²) in [5.41, 5.74) is 0.559. The molecule has 0 spiro atoms. The van der Waals surface area contributed by atoms with Gasteiger partial charge in [-0.2, -0.15) is 16.7 Å². The van der Waals surface area contributed by atoms with Gasteiger partial charge < -0.3 is 9.63 Å². The molecule has 20 heavy (non-hydrogen) atoms. The summed E-state index contributed by atoms with van der Waals surface area (Å²) in [4.78, 5) is 4.36. The van der Waals surface area contributed by atoms with Crippen LogP contribution in [0.5, 0.6) is 5.75 Å². The van der Waals surface area contributed by atoms with Gasteiger partial charge in [0, 0.05) is 9.72 Å². The molecule has 0 bridgehead atoms. The van der Waals surface area contributed by atoms with Crippen molar-refractivity contribution in [3.63, 3.8) is 0 Å². The molecule has 3 rings (SSSR count). The maximum atomic E-state index is 9.85. The highest BCUT2D eigenvalue weighted by Gasteiger charge is 2.18. The van der Waals surface area contributed by atoms with Crippen LogP contribution in [0.2, 0.25) is 0 Å². The Morgan fingerprint density at radius 3 is 2.95 bits per heavy atom. The maximum Gasteiger partial charge on any atom is 0.261 e. The molecule has 6 heteroatoms. The molecule has 1 aliphatic rings. The molecular formula is C14H15BrN2O2S. The van der Waals surface area contributed by atoms with Crippen LogP contribution in [-0.4, -0.2) is 20.5 Å². The van der Waals surface area contributed by atoms with Crippen molar-refractivity contribution in [2.24, 2.45) is 0 Å². The van der Waals surface area contributed by atoms with Crippen molar-refractivity contribution in [1.82, 2.24) is 10.1 Å². The molecule has 4 nitrogen and oxygen atoms in total. The number of aromatic hydroxyl groups is 1. The van der Waals surface area contributed by atoms with Gasteiger partial charge in [-0.3, -0.25) is 0 Å². The normalized spacial score (nSPS) is 15.8. The summed E-state index contributed by atoms with van der Waals surface area (Å²) >= 11 is 5.27. The topological polar surface area (TPSA) is 59.2 Å². The lowest BCUT2D eigenvalue weighted by Gasteiger charge is -2.04. The molecule has 0 atom stereocenters. The van der Waals surface area contributed by atoms with E-state index in [2.05, 4.69) is 26.1 Å². The second-order valence-corrected chi connectivity index (χ2v) is 7.10. The van der Waals surface area contributed by atoms with Crippen molar-refractivity contribution in [2.75, 3.05) is 0 Å². The van der Waals surface area contributed by atoms with Crippen LogP contribution < -0.4 is 0 Å². The van der Waals surface area contributed by atoms with E-state index in [4.69, 9.17) is 4.52 Å². The third-order valence-corrected chi connectivity index (χ3v) is 5.27. The Morgan fingerprint density at radius 1 is 1.35 bits per heavy atom. The van der Waals surface area contributed by atoms with E-state index in [0.29, 0.717) is 17.3 Å². The van der Waals surface area contributed by atoms with Crippen LogP contribution in [0.4, 0.5) is 0 Å². The van der Waals surface area contributed by atoms with Crippen molar-refractivity contribution in [1.29, 1.82) is 0 Å². The molecule has 0 radical (unpaired) electrons. The largest absolute Gasteiger partial charge is 0.507 e. The number of nitrogens with zero attached hydrogens (tertiary/aromatic N) is 2. The van der Waals surface area contributed by atoms with Gasteiger partial charge >= 0.3 is 0 Å². The fourth-order valence-corrected chi connectivity index (χ4v) is 3.88. The van der Waals surface area contributed by atoms with E-state index in [1.54, 1.807) is 18.2 Å². The molecule has 1 fully saturated rings. The highest BCUT2D eigenvalue weighted by molar-refractivity contribution is 9.10. The molecule has 1 aromatic carbocycles. The van der Waals surface area contributed by atoms with E-state index in [0.717, 1.165) is 15.5 Å². The van der Waals surface area contributed by atoms with Crippen molar-refractivity contribution in [2.45, 2.75) is 36.7 Å². The summed E-state index contributed by atoms with van der Waals surface area (Å²) in [5.74, 6) is 1.97. The first-order valence-corrected chi connectivity index (χ1v) is 8.49. The van der Waals surface area contributed by atoms with Crippen molar-refractivity contribution in [3.05, 3.63) is 28.5 Å². The second-order valence-electron chi connectivity index (χ2n) is 4.89. The molecular weight excluding hydrogens is 340 g/mol. The van der Waals surface area contributed by atoms with Gasteiger partial charge in [0.2, 0.25) is 0 Å². The summed E-state index contributed by atoms with van der Waals surface area (Å²) in [6.45, 7) is 0. The first-order chi connectivity index (χ1) is 9.72. The molecule has 1 heterocycles. The Kier molecular flexibility index (Phi) is 4.31. The zero-order valence-corrected chi connectivity index (χ0v) is 13.3. The number of thioether (sulfide) groups is 1. The number of hydrogen-bond donors (Lipinski definition) is 1. The molecule has 1 saturated carbocycles. The predicted octanol–water partition coefficient (Wildman–Crippen LogP) is 4.38. The number of halogens is 1. The number of phenols is 1. The van der Waals surface area contributed by atoms with Gasteiger partial charge in [-0.15, -0.1) is 0 Å². The molecule has 106 valence electrons. The Balaban J connectivity index is 1.71. The molecule has 1 N–H and O–H groups in total. The van der Waals surface area contributed by atoms with Gasteiger partial charge in [-0.1, -0.05) is 33.9 Å². The van der Waals surface area contributed by atoms with Crippen LogP contribution in [-0.2, 0) is 5.75 Å². The number of aromatic nitrogens is 2. The van der Waals surface area contributed by atoms with Crippen LogP contribution in [0.15, 0.2) is 27.2 Å². The van der Waals surface area contributed by atoms with Crippen molar-refractivity contribution >= 4 is 27.7 Å². The minimum Gasteiger partial charge on any atom is -0.507 e. The third kappa shape index (κ3) is 3.17. The fourth-order valence-electron chi connectivity index (χ4n) is 2.35. The summed E-state index contributed by atoms with van der Waals surface area (Å²) in [6.07, 6.45) is 5.26. The highest BCUT2D eigenvalue weighted by atomic mass is 79.9. The molecule has 0 saturated heterocycles. The quantitative estimate of drug-likeness (QED) is 0.882. The molecule has 0 amide bonds. The average Bonchev–Trinajstić information content (AvgIpc) is 3.10. The zero-order valence-electron chi connectivity index (χ0n) is 10.9. The monoisotopic (exact) mass is 354 g/mol. The average molecular weight is 355 g/mol. The fraction of sp³-hybridized carbons (Fsp3) is 0.429. The van der Waals surface area contributed by atoms with Crippen LogP contribution in [0, 0.1) is 0 Å². The Morgan fingerprint density at radius 2 is 2.15 bits per heavy atom. The lowest BCUT2D eigenvalue weighted by molar-refractivity contribution is 0.419. The van der Waals surface area contributed by atoms with Crippen LogP contribution >= 0.6 is 27.7 Å². The van der Waals surface area contributed by atoms with Gasteiger partial charge in [-0.05, 0) is 31.0 Å².